The minimum Gasteiger partial charge on any atom is -0.358 e. The second-order valence-corrected chi connectivity index (χ2v) is 7.67. The molecule has 0 saturated heterocycles. The molecular formula is C26H22N4O2. The summed E-state index contributed by atoms with van der Waals surface area (Å²) >= 11 is 0. The van der Waals surface area contributed by atoms with E-state index < -0.39 is 0 Å². The van der Waals surface area contributed by atoms with E-state index in [1.54, 1.807) is 4.68 Å². The highest BCUT2D eigenvalue weighted by atomic mass is 16.2. The van der Waals surface area contributed by atoms with E-state index in [1.807, 2.05) is 103 Å². The summed E-state index contributed by atoms with van der Waals surface area (Å²) in [6.45, 7) is 1.84. The molecule has 5 rings (SSSR count). The number of aromatic nitrogens is 3. The smallest absolute Gasteiger partial charge is 0.295 e. The molecule has 0 bridgehead atoms. The van der Waals surface area contributed by atoms with Gasteiger partial charge in [-0.3, -0.25) is 9.59 Å². The number of aromatic amines is 1. The van der Waals surface area contributed by atoms with Crippen molar-refractivity contribution in [1.82, 2.24) is 14.3 Å². The fourth-order valence-corrected chi connectivity index (χ4v) is 4.02. The molecule has 0 saturated carbocycles. The molecule has 5 aromatic rings. The average molecular weight is 422 g/mol. The predicted molar refractivity (Wildman–Crippen MR) is 127 cm³/mol. The molecule has 2 N–H and O–H groups in total. The third kappa shape index (κ3) is 3.52. The van der Waals surface area contributed by atoms with Crippen LogP contribution >= 0.6 is 0 Å². The number of carbonyl (C=O) groups excluding carboxylic acids is 1. The Bertz CT molecular complexity index is 1430. The molecular weight excluding hydrogens is 400 g/mol. The Hall–Kier alpha value is -4.32. The Kier molecular flexibility index (Phi) is 4.95. The van der Waals surface area contributed by atoms with Gasteiger partial charge in [-0.25, -0.2) is 9.36 Å². The zero-order valence-corrected chi connectivity index (χ0v) is 17.6. The van der Waals surface area contributed by atoms with Crippen molar-refractivity contribution < 1.29 is 4.79 Å². The summed E-state index contributed by atoms with van der Waals surface area (Å²) in [7, 11) is 0. The highest BCUT2D eigenvalue weighted by Crippen LogP contribution is 2.21. The van der Waals surface area contributed by atoms with Crippen LogP contribution in [0, 0.1) is 6.92 Å². The van der Waals surface area contributed by atoms with Crippen LogP contribution in [0.2, 0.25) is 0 Å². The van der Waals surface area contributed by atoms with E-state index in [4.69, 9.17) is 0 Å². The van der Waals surface area contributed by atoms with Crippen LogP contribution in [0.5, 0.6) is 0 Å². The Morgan fingerprint density at radius 2 is 1.44 bits per heavy atom. The fourth-order valence-electron chi connectivity index (χ4n) is 4.02. The molecule has 6 heteroatoms. The van der Waals surface area contributed by atoms with Gasteiger partial charge in [-0.2, -0.15) is 0 Å². The van der Waals surface area contributed by atoms with E-state index in [0.717, 1.165) is 28.0 Å². The molecule has 0 aliphatic heterocycles. The van der Waals surface area contributed by atoms with Gasteiger partial charge >= 0.3 is 0 Å². The molecule has 0 aliphatic carbocycles. The lowest BCUT2D eigenvalue weighted by atomic mass is 10.2. The Morgan fingerprint density at radius 3 is 2.09 bits per heavy atom. The van der Waals surface area contributed by atoms with Crippen LogP contribution in [0.15, 0.2) is 95.8 Å². The lowest BCUT2D eigenvalue weighted by molar-refractivity contribution is -0.115. The number of hydrogen-bond donors (Lipinski definition) is 2. The number of nitrogens with one attached hydrogen (secondary N) is 2. The standard InChI is InChI=1S/C26H22N4O2/c1-18-25(28-24(31)17-20-16-19-10-8-9-15-23(19)27-20)26(32)30(22-13-6-3-7-14-22)29(18)21-11-4-2-5-12-21/h2-16,27H,17H2,1H3,(H,28,31). The van der Waals surface area contributed by atoms with E-state index in [-0.39, 0.29) is 23.6 Å². The zero-order chi connectivity index (χ0) is 22.1. The highest BCUT2D eigenvalue weighted by molar-refractivity contribution is 5.93. The SMILES string of the molecule is Cc1c(NC(=O)Cc2cc3ccccc3[nH]2)c(=O)n(-c2ccccc2)n1-c1ccccc1. The van der Waals surface area contributed by atoms with E-state index in [0.29, 0.717) is 5.69 Å². The van der Waals surface area contributed by atoms with Crippen molar-refractivity contribution in [3.8, 4) is 11.4 Å². The van der Waals surface area contributed by atoms with Crippen LogP contribution in [-0.2, 0) is 11.2 Å². The van der Waals surface area contributed by atoms with Crippen molar-refractivity contribution in [3.05, 3.63) is 113 Å². The number of hydrogen-bond acceptors (Lipinski definition) is 2. The van der Waals surface area contributed by atoms with Gasteiger partial charge in [0.15, 0.2) is 0 Å². The molecule has 1 amide bonds. The third-order valence-corrected chi connectivity index (χ3v) is 5.49. The Balaban J connectivity index is 1.53. The van der Waals surface area contributed by atoms with E-state index >= 15 is 0 Å². The molecule has 6 nitrogen and oxygen atoms in total. The number of amides is 1. The van der Waals surface area contributed by atoms with Gasteiger partial charge < -0.3 is 10.3 Å². The number of anilines is 1. The number of H-pyrrole nitrogens is 1. The van der Waals surface area contributed by atoms with Crippen LogP contribution in [0.3, 0.4) is 0 Å². The van der Waals surface area contributed by atoms with E-state index in [2.05, 4.69) is 10.3 Å². The van der Waals surface area contributed by atoms with Crippen molar-refractivity contribution in [2.24, 2.45) is 0 Å². The first-order valence-electron chi connectivity index (χ1n) is 10.4. The molecule has 0 aliphatic rings. The number of fused-ring (bicyclic) bond motifs is 1. The minimum atomic E-state index is -0.275. The van der Waals surface area contributed by atoms with Crippen LogP contribution < -0.4 is 10.9 Å². The zero-order valence-electron chi connectivity index (χ0n) is 17.6. The first-order chi connectivity index (χ1) is 15.6. The van der Waals surface area contributed by atoms with Gasteiger partial charge in [0.1, 0.15) is 5.69 Å². The van der Waals surface area contributed by atoms with Gasteiger partial charge in [0.2, 0.25) is 5.91 Å². The molecule has 0 radical (unpaired) electrons. The number of carbonyl (C=O) groups is 1. The quantitative estimate of drug-likeness (QED) is 0.435. The van der Waals surface area contributed by atoms with Crippen LogP contribution in [0.25, 0.3) is 22.3 Å². The monoisotopic (exact) mass is 422 g/mol. The summed E-state index contributed by atoms with van der Waals surface area (Å²) in [6, 6.07) is 28.9. The third-order valence-electron chi connectivity index (χ3n) is 5.49. The summed E-state index contributed by atoms with van der Waals surface area (Å²) in [6.07, 6.45) is 0.148. The number of rotatable bonds is 5. The molecule has 158 valence electrons. The first-order valence-corrected chi connectivity index (χ1v) is 10.4. The van der Waals surface area contributed by atoms with Gasteiger partial charge in [-0.15, -0.1) is 0 Å². The number of para-hydroxylation sites is 3. The molecule has 0 spiro atoms. The van der Waals surface area contributed by atoms with Gasteiger partial charge in [0.25, 0.3) is 5.56 Å². The summed E-state index contributed by atoms with van der Waals surface area (Å²) in [4.78, 5) is 29.6. The maximum Gasteiger partial charge on any atom is 0.295 e. The lowest BCUT2D eigenvalue weighted by Crippen LogP contribution is -2.24. The van der Waals surface area contributed by atoms with E-state index in [1.165, 1.54) is 0 Å². The maximum atomic E-state index is 13.4. The lowest BCUT2D eigenvalue weighted by Gasteiger charge is -2.13. The minimum absolute atomic E-state index is 0.148. The van der Waals surface area contributed by atoms with Crippen LogP contribution in [-0.4, -0.2) is 20.3 Å². The fraction of sp³-hybridized carbons (Fsp3) is 0.0769. The second kappa shape index (κ2) is 8.07. The van der Waals surface area contributed by atoms with Crippen molar-refractivity contribution in [2.45, 2.75) is 13.3 Å². The molecule has 3 aromatic carbocycles. The normalized spacial score (nSPS) is 11.0. The molecule has 2 aromatic heterocycles. The van der Waals surface area contributed by atoms with Gasteiger partial charge in [-0.1, -0.05) is 54.6 Å². The van der Waals surface area contributed by atoms with Crippen LogP contribution in [0.4, 0.5) is 5.69 Å². The molecule has 0 atom stereocenters. The van der Waals surface area contributed by atoms with Crippen molar-refractivity contribution in [3.63, 3.8) is 0 Å². The highest BCUT2D eigenvalue weighted by Gasteiger charge is 2.21. The summed E-state index contributed by atoms with van der Waals surface area (Å²) in [5, 5.41) is 3.91. The topological polar surface area (TPSA) is 71.8 Å². The van der Waals surface area contributed by atoms with Gasteiger partial charge in [0.05, 0.1) is 23.5 Å². The van der Waals surface area contributed by atoms with Crippen molar-refractivity contribution in [1.29, 1.82) is 0 Å². The molecule has 32 heavy (non-hydrogen) atoms. The number of nitrogens with zero attached hydrogens (tertiary/aromatic N) is 2. The summed E-state index contributed by atoms with van der Waals surface area (Å²) in [5.74, 6) is -0.248. The second-order valence-electron chi connectivity index (χ2n) is 7.67. The predicted octanol–water partition coefficient (Wildman–Crippen LogP) is 4.60. The Labute approximate surface area is 184 Å². The van der Waals surface area contributed by atoms with Gasteiger partial charge in [-0.05, 0) is 48.7 Å². The maximum absolute atomic E-state index is 13.4. The van der Waals surface area contributed by atoms with Crippen molar-refractivity contribution in [2.75, 3.05) is 5.32 Å². The largest absolute Gasteiger partial charge is 0.358 e. The first kappa shape index (κ1) is 19.6. The molecule has 2 heterocycles. The van der Waals surface area contributed by atoms with Gasteiger partial charge in [0, 0.05) is 11.2 Å². The van der Waals surface area contributed by atoms with Crippen LogP contribution in [0.1, 0.15) is 11.4 Å². The average Bonchev–Trinajstić information content (AvgIpc) is 3.33. The van der Waals surface area contributed by atoms with Crippen molar-refractivity contribution >= 4 is 22.5 Å². The number of benzene rings is 3. The molecule has 0 fully saturated rings. The summed E-state index contributed by atoms with van der Waals surface area (Å²) in [5.41, 5.74) is 4.00. The summed E-state index contributed by atoms with van der Waals surface area (Å²) < 4.78 is 3.42. The molecule has 0 unspecified atom stereocenters. The Morgan fingerprint density at radius 1 is 0.844 bits per heavy atom. The van der Waals surface area contributed by atoms with E-state index in [9.17, 15) is 9.59 Å².